The highest BCUT2D eigenvalue weighted by Gasteiger charge is 2.19. The summed E-state index contributed by atoms with van der Waals surface area (Å²) in [6.45, 7) is 11.5. The van der Waals surface area contributed by atoms with Gasteiger partial charge >= 0.3 is 17.9 Å². The lowest BCUT2D eigenvalue weighted by atomic mass is 10.0. The summed E-state index contributed by atoms with van der Waals surface area (Å²) in [5.74, 6) is 0.874. The van der Waals surface area contributed by atoms with E-state index in [1.165, 1.54) is 276 Å². The Balaban J connectivity index is 4.28. The van der Waals surface area contributed by atoms with E-state index >= 15 is 0 Å². The van der Waals surface area contributed by atoms with Crippen LogP contribution in [0.5, 0.6) is 0 Å². The van der Waals surface area contributed by atoms with Crippen LogP contribution in [0.2, 0.25) is 0 Å². The van der Waals surface area contributed by atoms with Crippen molar-refractivity contribution < 1.29 is 28.6 Å². The predicted molar refractivity (Wildman–Crippen MR) is 321 cm³/mol. The van der Waals surface area contributed by atoms with Gasteiger partial charge in [0.15, 0.2) is 6.10 Å². The van der Waals surface area contributed by atoms with Crippen LogP contribution in [0.4, 0.5) is 0 Å². The van der Waals surface area contributed by atoms with Gasteiger partial charge < -0.3 is 14.2 Å². The predicted octanol–water partition coefficient (Wildman–Crippen LogP) is 22.8. The third kappa shape index (κ3) is 61.3. The molecule has 0 unspecified atom stereocenters. The highest BCUT2D eigenvalue weighted by atomic mass is 16.6. The molecule has 0 aromatic heterocycles. The Morgan fingerprint density at radius 3 is 0.662 bits per heavy atom. The summed E-state index contributed by atoms with van der Waals surface area (Å²) in [4.78, 5) is 38.4. The number of ether oxygens (including phenoxy) is 3. The second-order valence-electron chi connectivity index (χ2n) is 24.4. The van der Waals surface area contributed by atoms with Gasteiger partial charge in [0, 0.05) is 19.3 Å². The van der Waals surface area contributed by atoms with Gasteiger partial charge in [-0.3, -0.25) is 14.4 Å². The second-order valence-corrected chi connectivity index (χ2v) is 24.4. The van der Waals surface area contributed by atoms with Crippen molar-refractivity contribution in [3.8, 4) is 0 Å². The zero-order valence-corrected chi connectivity index (χ0v) is 51.0. The van der Waals surface area contributed by atoms with E-state index in [1.54, 1.807) is 0 Å². The smallest absolute Gasteiger partial charge is 0.306 e. The van der Waals surface area contributed by atoms with Crippen molar-refractivity contribution in [3.05, 3.63) is 0 Å². The van der Waals surface area contributed by atoms with E-state index in [4.69, 9.17) is 14.2 Å². The molecule has 0 fully saturated rings. The van der Waals surface area contributed by atoms with Crippen molar-refractivity contribution in [2.24, 2.45) is 11.8 Å². The third-order valence-corrected chi connectivity index (χ3v) is 15.7. The molecule has 6 nitrogen and oxygen atoms in total. The van der Waals surface area contributed by atoms with Crippen LogP contribution in [-0.4, -0.2) is 37.2 Å². The molecule has 1 atom stereocenters. The number of esters is 3. The molecule has 0 bridgehead atoms. The molecule has 0 N–H and O–H groups in total. The Morgan fingerprint density at radius 1 is 0.257 bits per heavy atom. The van der Waals surface area contributed by atoms with Crippen molar-refractivity contribution >= 4 is 17.9 Å². The highest BCUT2D eigenvalue weighted by molar-refractivity contribution is 5.71. The molecule has 0 heterocycles. The molecule has 0 aromatic rings. The molecular formula is C68H132O6. The van der Waals surface area contributed by atoms with Gasteiger partial charge in [0.05, 0.1) is 0 Å². The molecule has 0 amide bonds. The Hall–Kier alpha value is -1.59. The SMILES string of the molecule is CCCCCCCCCCCCCCCCCCCCCC(=O)OC[C@H](COC(=O)CCCCCCCCCCCCCCCCCC(C)C)OC(=O)CCCCCCCCCCCCCCCCCCC(C)C. The van der Waals surface area contributed by atoms with Gasteiger partial charge in [-0.05, 0) is 31.1 Å². The summed E-state index contributed by atoms with van der Waals surface area (Å²) < 4.78 is 17.0. The number of carbonyl (C=O) groups excluding carboxylic acids is 3. The Morgan fingerprint density at radius 2 is 0.446 bits per heavy atom. The first-order valence-corrected chi connectivity index (χ1v) is 33.7. The standard InChI is InChI=1S/C68H132O6/c1-6-7-8-9-10-11-12-13-14-15-16-17-23-28-33-38-43-48-53-58-66(69)72-61-65(62-73-67(70)59-54-49-44-39-34-29-25-20-22-27-32-37-42-47-52-57-64(4)5)74-68(71)60-55-50-45-40-35-30-24-19-18-21-26-31-36-41-46-51-56-63(2)3/h63-65H,6-62H2,1-5H3/t65-/m1/s1. The molecule has 0 rings (SSSR count). The Kier molecular flexibility index (Phi) is 59.3. The molecule has 0 aliphatic carbocycles. The molecule has 0 radical (unpaired) electrons. The molecule has 0 saturated heterocycles. The molecule has 0 spiro atoms. The maximum atomic E-state index is 12.9. The van der Waals surface area contributed by atoms with Gasteiger partial charge in [-0.15, -0.1) is 0 Å². The minimum absolute atomic E-state index is 0.0614. The van der Waals surface area contributed by atoms with Crippen LogP contribution in [-0.2, 0) is 28.6 Å². The number of carbonyl (C=O) groups is 3. The fraction of sp³-hybridized carbons (Fsp3) is 0.956. The summed E-state index contributed by atoms with van der Waals surface area (Å²) in [7, 11) is 0. The summed E-state index contributed by atoms with van der Waals surface area (Å²) >= 11 is 0. The minimum Gasteiger partial charge on any atom is -0.462 e. The van der Waals surface area contributed by atoms with Crippen LogP contribution in [0.3, 0.4) is 0 Å². The fourth-order valence-corrected chi connectivity index (χ4v) is 10.6. The monoisotopic (exact) mass is 1050 g/mol. The van der Waals surface area contributed by atoms with Crippen molar-refractivity contribution in [2.45, 2.75) is 394 Å². The van der Waals surface area contributed by atoms with Crippen LogP contribution in [0, 0.1) is 11.8 Å². The van der Waals surface area contributed by atoms with Crippen LogP contribution >= 0.6 is 0 Å². The van der Waals surface area contributed by atoms with Gasteiger partial charge in [-0.2, -0.15) is 0 Å². The van der Waals surface area contributed by atoms with Crippen LogP contribution in [0.25, 0.3) is 0 Å². The average molecular weight is 1050 g/mol. The second kappa shape index (κ2) is 60.6. The normalized spacial score (nSPS) is 12.0. The number of unbranched alkanes of at least 4 members (excludes halogenated alkanes) is 47. The lowest BCUT2D eigenvalue weighted by Crippen LogP contribution is -2.30. The van der Waals surface area contributed by atoms with Crippen LogP contribution < -0.4 is 0 Å². The summed E-state index contributed by atoms with van der Waals surface area (Å²) in [5, 5.41) is 0. The summed E-state index contributed by atoms with van der Waals surface area (Å²) in [6.07, 6.45) is 68.2. The summed E-state index contributed by atoms with van der Waals surface area (Å²) in [6, 6.07) is 0. The molecule has 6 heteroatoms. The Labute approximate surface area is 463 Å². The topological polar surface area (TPSA) is 78.9 Å². The van der Waals surface area contributed by atoms with E-state index in [-0.39, 0.29) is 31.1 Å². The van der Waals surface area contributed by atoms with Crippen molar-refractivity contribution in [3.63, 3.8) is 0 Å². The molecule has 0 aromatic carbocycles. The van der Waals surface area contributed by atoms with E-state index < -0.39 is 6.10 Å². The first kappa shape index (κ1) is 72.4. The maximum Gasteiger partial charge on any atom is 0.306 e. The Bertz CT molecular complexity index is 1140. The molecule has 74 heavy (non-hydrogen) atoms. The van der Waals surface area contributed by atoms with Gasteiger partial charge in [-0.1, -0.05) is 349 Å². The molecule has 0 aliphatic rings. The van der Waals surface area contributed by atoms with Crippen LogP contribution in [0.15, 0.2) is 0 Å². The minimum atomic E-state index is -0.764. The van der Waals surface area contributed by atoms with Gasteiger partial charge in [0.25, 0.3) is 0 Å². The third-order valence-electron chi connectivity index (χ3n) is 15.7. The lowest BCUT2D eigenvalue weighted by Gasteiger charge is -2.18. The molecule has 0 saturated carbocycles. The van der Waals surface area contributed by atoms with Crippen molar-refractivity contribution in [1.82, 2.24) is 0 Å². The molecule has 440 valence electrons. The van der Waals surface area contributed by atoms with E-state index in [9.17, 15) is 14.4 Å². The van der Waals surface area contributed by atoms with Gasteiger partial charge in [-0.25, -0.2) is 0 Å². The van der Waals surface area contributed by atoms with Crippen LogP contribution in [0.1, 0.15) is 388 Å². The molecular weight excluding hydrogens is 913 g/mol. The van der Waals surface area contributed by atoms with Gasteiger partial charge in [0.2, 0.25) is 0 Å². The van der Waals surface area contributed by atoms with E-state index in [2.05, 4.69) is 34.6 Å². The van der Waals surface area contributed by atoms with E-state index in [1.807, 2.05) is 0 Å². The number of hydrogen-bond acceptors (Lipinski definition) is 6. The zero-order chi connectivity index (χ0) is 53.9. The maximum absolute atomic E-state index is 12.9. The highest BCUT2D eigenvalue weighted by Crippen LogP contribution is 2.19. The summed E-state index contributed by atoms with van der Waals surface area (Å²) in [5.41, 5.74) is 0. The number of hydrogen-bond donors (Lipinski definition) is 0. The van der Waals surface area contributed by atoms with E-state index in [0.29, 0.717) is 19.3 Å². The first-order chi connectivity index (χ1) is 36.2. The van der Waals surface area contributed by atoms with Crippen molar-refractivity contribution in [2.75, 3.05) is 13.2 Å². The molecule has 0 aliphatic heterocycles. The van der Waals surface area contributed by atoms with E-state index in [0.717, 1.165) is 69.6 Å². The average Bonchev–Trinajstić information content (AvgIpc) is 3.38. The number of rotatable bonds is 62. The largest absolute Gasteiger partial charge is 0.462 e. The fourth-order valence-electron chi connectivity index (χ4n) is 10.6. The van der Waals surface area contributed by atoms with Gasteiger partial charge in [0.1, 0.15) is 13.2 Å². The quantitative estimate of drug-likeness (QED) is 0.0343. The lowest BCUT2D eigenvalue weighted by molar-refractivity contribution is -0.167. The first-order valence-electron chi connectivity index (χ1n) is 33.7. The van der Waals surface area contributed by atoms with Crippen molar-refractivity contribution in [1.29, 1.82) is 0 Å². The zero-order valence-electron chi connectivity index (χ0n) is 51.0.